The van der Waals surface area contributed by atoms with E-state index >= 15 is 0 Å². The van der Waals surface area contributed by atoms with Gasteiger partial charge in [-0.15, -0.1) is 5.92 Å². The average molecular weight is 816 g/mol. The summed E-state index contributed by atoms with van der Waals surface area (Å²) >= 11 is 0. The van der Waals surface area contributed by atoms with Gasteiger partial charge in [-0.3, -0.25) is 0 Å². The van der Waals surface area contributed by atoms with Crippen molar-refractivity contribution in [2.24, 2.45) is 4.99 Å². The summed E-state index contributed by atoms with van der Waals surface area (Å²) in [4.78, 5) is 15.6. The van der Waals surface area contributed by atoms with Crippen LogP contribution in [0.4, 0.5) is 0 Å². The number of hydrogen-bond acceptors (Lipinski definition) is 3. The molecule has 7 rings (SSSR count). The first-order valence-electron chi connectivity index (χ1n) is 21.6. The van der Waals surface area contributed by atoms with Crippen molar-refractivity contribution < 1.29 is 0 Å². The van der Waals surface area contributed by atoms with E-state index < -0.39 is 0 Å². The topological polar surface area (TPSA) is 38.1 Å². The number of aromatic nitrogens is 2. The summed E-state index contributed by atoms with van der Waals surface area (Å²) in [5.41, 5.74) is 18.5. The first kappa shape index (κ1) is 43.4. The van der Waals surface area contributed by atoms with Crippen LogP contribution in [0, 0.1) is 18.8 Å². The first-order chi connectivity index (χ1) is 30.8. The highest BCUT2D eigenvalue weighted by Gasteiger charge is 2.17. The van der Waals surface area contributed by atoms with Gasteiger partial charge >= 0.3 is 0 Å². The van der Waals surface area contributed by atoms with Crippen LogP contribution in [0.3, 0.4) is 0 Å². The van der Waals surface area contributed by atoms with Gasteiger partial charge in [0.05, 0.1) is 22.8 Å². The predicted octanol–water partition coefficient (Wildman–Crippen LogP) is 15.7. The van der Waals surface area contributed by atoms with Gasteiger partial charge in [0.25, 0.3) is 0 Å². The molecule has 63 heavy (non-hydrogen) atoms. The lowest BCUT2D eigenvalue weighted by atomic mass is 9.90. The molecule has 0 spiro atoms. The minimum Gasteiger partial charge on any atom is -0.248 e. The van der Waals surface area contributed by atoms with E-state index in [-0.39, 0.29) is 0 Å². The second-order valence-corrected chi connectivity index (χ2v) is 15.4. The Morgan fingerprint density at radius 3 is 1.73 bits per heavy atom. The molecule has 0 fully saturated rings. The molecule has 308 valence electrons. The molecule has 1 aromatic heterocycles. The van der Waals surface area contributed by atoms with Crippen LogP contribution < -0.4 is 0 Å². The van der Waals surface area contributed by atoms with E-state index in [9.17, 15) is 0 Å². The number of hydrogen-bond donors (Lipinski definition) is 0. The van der Waals surface area contributed by atoms with Crippen molar-refractivity contribution in [2.45, 2.75) is 48.0 Å². The molecular formula is C60H53N3. The Kier molecular flexibility index (Phi) is 14.3. The van der Waals surface area contributed by atoms with E-state index in [4.69, 9.17) is 15.0 Å². The third-order valence-corrected chi connectivity index (χ3v) is 11.2. The number of aliphatic imine (C=N–C) groups is 1. The molecule has 0 unspecified atom stereocenters. The van der Waals surface area contributed by atoms with Gasteiger partial charge in [-0.25, -0.2) is 15.0 Å². The molecule has 0 radical (unpaired) electrons. The van der Waals surface area contributed by atoms with Crippen molar-refractivity contribution in [1.29, 1.82) is 0 Å². The lowest BCUT2D eigenvalue weighted by molar-refractivity contribution is 1.15. The number of nitrogens with zero attached hydrogens (tertiary/aromatic N) is 3. The molecule has 0 bridgehead atoms. The van der Waals surface area contributed by atoms with Gasteiger partial charge in [-0.05, 0) is 91.1 Å². The van der Waals surface area contributed by atoms with Gasteiger partial charge in [0.2, 0.25) is 0 Å². The molecule has 0 aliphatic heterocycles. The molecule has 7 aromatic rings. The van der Waals surface area contributed by atoms with Gasteiger partial charge in [0, 0.05) is 27.8 Å². The molecule has 6 aromatic carbocycles. The largest absolute Gasteiger partial charge is 0.248 e. The SMILES string of the molecule is C=C/C(=C\C=C(/C)C(=N/C(=C/CC)c1ccccc1)/C(C)=C(\C)c1ccccc1)c1cccc(-c2ccc(-c3nc(-c4ccccc4)nc(-c4ccccc4)c3C)cc2)c1C#CC. The smallest absolute Gasteiger partial charge is 0.160 e. The lowest BCUT2D eigenvalue weighted by Gasteiger charge is -2.15. The third kappa shape index (κ3) is 10.1. The Balaban J connectivity index is 1.29. The summed E-state index contributed by atoms with van der Waals surface area (Å²) in [6, 6.07) is 56.5. The zero-order chi connectivity index (χ0) is 44.1. The number of allylic oxidation sites excluding steroid dienone is 8. The summed E-state index contributed by atoms with van der Waals surface area (Å²) in [6.45, 7) is 16.9. The van der Waals surface area contributed by atoms with Crippen LogP contribution in [0.15, 0.2) is 211 Å². The van der Waals surface area contributed by atoms with Crippen LogP contribution in [0.5, 0.6) is 0 Å². The maximum atomic E-state index is 5.40. The van der Waals surface area contributed by atoms with Crippen LogP contribution in [-0.2, 0) is 0 Å². The van der Waals surface area contributed by atoms with Crippen molar-refractivity contribution in [3.8, 4) is 56.9 Å². The van der Waals surface area contributed by atoms with Crippen molar-refractivity contribution in [1.82, 2.24) is 9.97 Å². The normalized spacial score (nSPS) is 12.6. The first-order valence-corrected chi connectivity index (χ1v) is 21.6. The monoisotopic (exact) mass is 815 g/mol. The predicted molar refractivity (Wildman–Crippen MR) is 270 cm³/mol. The Hall–Kier alpha value is -7.67. The number of rotatable bonds is 13. The Morgan fingerprint density at radius 1 is 0.619 bits per heavy atom. The van der Waals surface area contributed by atoms with Crippen LogP contribution >= 0.6 is 0 Å². The van der Waals surface area contributed by atoms with Gasteiger partial charge in [0.1, 0.15) is 0 Å². The van der Waals surface area contributed by atoms with Gasteiger partial charge < -0.3 is 0 Å². The van der Waals surface area contributed by atoms with Crippen LogP contribution in [0.2, 0.25) is 0 Å². The maximum Gasteiger partial charge on any atom is 0.160 e. The molecule has 0 atom stereocenters. The maximum absolute atomic E-state index is 5.40. The molecule has 0 aliphatic carbocycles. The van der Waals surface area contributed by atoms with Crippen molar-refractivity contribution in [2.75, 3.05) is 0 Å². The van der Waals surface area contributed by atoms with E-state index in [0.717, 1.165) is 96.0 Å². The summed E-state index contributed by atoms with van der Waals surface area (Å²) < 4.78 is 0. The summed E-state index contributed by atoms with van der Waals surface area (Å²) in [5.74, 6) is 7.37. The van der Waals surface area contributed by atoms with Crippen molar-refractivity contribution in [3.05, 3.63) is 234 Å². The zero-order valence-corrected chi connectivity index (χ0v) is 37.2. The third-order valence-electron chi connectivity index (χ3n) is 11.2. The quantitative estimate of drug-likeness (QED) is 0.0660. The minimum absolute atomic E-state index is 0.699. The molecule has 3 heteroatoms. The van der Waals surface area contributed by atoms with Crippen LogP contribution in [-0.4, -0.2) is 15.7 Å². The molecule has 0 aliphatic rings. The Bertz CT molecular complexity index is 2940. The summed E-state index contributed by atoms with van der Waals surface area (Å²) in [5, 5.41) is 0. The molecule has 0 saturated carbocycles. The minimum atomic E-state index is 0.699. The highest BCUT2D eigenvalue weighted by atomic mass is 14.9. The summed E-state index contributed by atoms with van der Waals surface area (Å²) in [6.07, 6.45) is 9.29. The second kappa shape index (κ2) is 20.7. The van der Waals surface area contributed by atoms with Gasteiger partial charge in [-0.1, -0.05) is 208 Å². The van der Waals surface area contributed by atoms with E-state index in [2.05, 4.69) is 205 Å². The average Bonchev–Trinajstić information content (AvgIpc) is 3.34. The fourth-order valence-corrected chi connectivity index (χ4v) is 7.75. The summed E-state index contributed by atoms with van der Waals surface area (Å²) in [7, 11) is 0. The Labute approximate surface area is 374 Å². The molecule has 0 N–H and O–H groups in total. The van der Waals surface area contributed by atoms with Crippen LogP contribution in [0.25, 0.3) is 61.9 Å². The van der Waals surface area contributed by atoms with Gasteiger partial charge in [-0.2, -0.15) is 0 Å². The van der Waals surface area contributed by atoms with Crippen molar-refractivity contribution in [3.63, 3.8) is 0 Å². The molecule has 3 nitrogen and oxygen atoms in total. The van der Waals surface area contributed by atoms with Crippen molar-refractivity contribution >= 4 is 22.6 Å². The Morgan fingerprint density at radius 2 is 1.16 bits per heavy atom. The highest BCUT2D eigenvalue weighted by Crippen LogP contribution is 2.35. The standard InChI is InChI=1S/C60H53N3/c1-8-24-55-53(46(10-3)37-36-42(4)57(44(6)43(5)47-26-15-11-16-27-47)61-56(25-9-2)49-28-17-12-18-29-49)34-23-35-54(55)48-38-40-51(41-39-48)59-45(7)58(50-30-19-13-20-31-50)62-60(63-59)52-32-21-14-22-33-52/h10-23,25-41H,3,9H2,1-2,4-7H3/b42-36+,44-43+,46-37+,56-25+,61-57-. The molecule has 1 heterocycles. The zero-order valence-electron chi connectivity index (χ0n) is 37.2. The fourth-order valence-electron chi connectivity index (χ4n) is 7.75. The molecule has 0 saturated heterocycles. The van der Waals surface area contributed by atoms with E-state index in [1.54, 1.807) is 0 Å². The van der Waals surface area contributed by atoms with E-state index in [0.29, 0.717) is 5.82 Å². The number of benzene rings is 6. The van der Waals surface area contributed by atoms with Gasteiger partial charge in [0.15, 0.2) is 5.82 Å². The lowest BCUT2D eigenvalue weighted by Crippen LogP contribution is -2.05. The fraction of sp³-hybridized carbons (Fsp3) is 0.117. The second-order valence-electron chi connectivity index (χ2n) is 15.4. The highest BCUT2D eigenvalue weighted by molar-refractivity contribution is 6.17. The molecular weight excluding hydrogens is 763 g/mol. The van der Waals surface area contributed by atoms with E-state index in [1.807, 2.05) is 43.3 Å². The molecule has 0 amide bonds. The van der Waals surface area contributed by atoms with Crippen LogP contribution in [0.1, 0.15) is 68.9 Å². The van der Waals surface area contributed by atoms with E-state index in [1.165, 1.54) is 11.1 Å².